The molecule has 13 nitrogen and oxygen atoms in total. The van der Waals surface area contributed by atoms with Crippen LogP contribution in [0, 0.1) is 0 Å². The molecular weight excluding hydrogens is 688 g/mol. The van der Waals surface area contributed by atoms with E-state index in [1.165, 1.54) is 24.6 Å². The number of likely N-dealkylation sites (N-methyl/N-ethyl adjacent to an activating group) is 1. The van der Waals surface area contributed by atoms with Gasteiger partial charge in [0, 0.05) is 12.6 Å². The summed E-state index contributed by atoms with van der Waals surface area (Å²) in [4.78, 5) is 68.0. The van der Waals surface area contributed by atoms with Crippen LogP contribution in [0.25, 0.3) is 11.1 Å². The number of carbonyl (C=O) groups is 5. The van der Waals surface area contributed by atoms with E-state index in [0.29, 0.717) is 55.5 Å². The molecule has 1 aliphatic rings. The Morgan fingerprint density at radius 3 is 2.26 bits per heavy atom. The van der Waals surface area contributed by atoms with Crippen molar-refractivity contribution in [3.63, 3.8) is 0 Å². The first-order valence-corrected chi connectivity index (χ1v) is 18.7. The van der Waals surface area contributed by atoms with Crippen molar-refractivity contribution in [2.24, 2.45) is 11.5 Å². The molecule has 4 amide bonds. The van der Waals surface area contributed by atoms with Gasteiger partial charge in [-0.1, -0.05) is 62.2 Å². The molecule has 0 aliphatic carbocycles. The highest BCUT2D eigenvalue weighted by Gasteiger charge is 2.35. The molecule has 0 radical (unpaired) electrons. The number of nitrogens with one attached hydrogen (secondary N) is 3. The molecule has 3 aromatic carbocycles. The number of aryl methyl sites for hydroxylation is 2. The second-order valence-electron chi connectivity index (χ2n) is 13.7. The van der Waals surface area contributed by atoms with Gasteiger partial charge in [0.05, 0.1) is 7.11 Å². The first kappa shape index (κ1) is 41.5. The van der Waals surface area contributed by atoms with E-state index in [9.17, 15) is 29.1 Å². The zero-order valence-corrected chi connectivity index (χ0v) is 31.4. The lowest BCUT2D eigenvalue weighted by Crippen LogP contribution is -2.58. The average molecular weight is 743 g/mol. The molecule has 13 heteroatoms. The molecule has 0 saturated carbocycles. The molecule has 8 N–H and O–H groups in total. The number of hydrogen-bond acceptors (Lipinski definition) is 8. The summed E-state index contributed by atoms with van der Waals surface area (Å²) in [7, 11) is 2.98. The Balaban J connectivity index is 1.61. The van der Waals surface area contributed by atoms with E-state index in [2.05, 4.69) is 47.1 Å². The molecular formula is C41H54N6O7. The number of ether oxygens (including phenoxy) is 1. The summed E-state index contributed by atoms with van der Waals surface area (Å²) in [6, 6.07) is 17.2. The van der Waals surface area contributed by atoms with Gasteiger partial charge in [-0.25, -0.2) is 4.79 Å². The fourth-order valence-electron chi connectivity index (χ4n) is 6.62. The Hall–Kier alpha value is -5.27. The first-order chi connectivity index (χ1) is 26.0. The molecule has 4 atom stereocenters. The minimum absolute atomic E-state index is 0.165. The van der Waals surface area contributed by atoms with Gasteiger partial charge in [-0.05, 0) is 110 Å². The quantitative estimate of drug-likeness (QED) is 0.133. The van der Waals surface area contributed by atoms with Crippen molar-refractivity contribution in [1.82, 2.24) is 20.9 Å². The number of benzene rings is 3. The number of nitrogens with zero attached hydrogens (tertiary/aromatic N) is 1. The van der Waals surface area contributed by atoms with Crippen molar-refractivity contribution >= 4 is 29.6 Å². The number of carbonyl (C=O) groups excluding carboxylic acids is 4. The third-order valence-corrected chi connectivity index (χ3v) is 9.79. The maximum atomic E-state index is 14.3. The zero-order valence-electron chi connectivity index (χ0n) is 31.4. The van der Waals surface area contributed by atoms with E-state index in [0.717, 1.165) is 36.0 Å². The van der Waals surface area contributed by atoms with Crippen LogP contribution in [0.15, 0.2) is 66.7 Å². The summed E-state index contributed by atoms with van der Waals surface area (Å²) in [5.74, 6) is -3.29. The van der Waals surface area contributed by atoms with Crippen LogP contribution < -0.4 is 32.2 Å². The Bertz CT molecular complexity index is 1750. The van der Waals surface area contributed by atoms with Crippen molar-refractivity contribution < 1.29 is 33.8 Å². The van der Waals surface area contributed by atoms with Gasteiger partial charge in [0.1, 0.15) is 23.9 Å². The summed E-state index contributed by atoms with van der Waals surface area (Å²) in [5, 5.41) is 17.4. The van der Waals surface area contributed by atoms with Gasteiger partial charge in [-0.15, -0.1) is 0 Å². The Labute approximate surface area is 317 Å². The topological polar surface area (TPSA) is 206 Å². The molecule has 1 aliphatic heterocycles. The largest absolute Gasteiger partial charge is 0.496 e. The SMILES string of the molecule is CCCCc1ccc(-c2ccc(C(=O)N[C@@H](CCCCN)C(=O)N(C)[C@@H]3C(=O)N[C@@H](N)C(=O)N[C@H](C(=O)O)CCCCc4cc3ccc4OC)cc2)cc1. The second kappa shape index (κ2) is 20.3. The number of fused-ring (bicyclic) bond motifs is 2. The van der Waals surface area contributed by atoms with Crippen LogP contribution in [0.3, 0.4) is 0 Å². The van der Waals surface area contributed by atoms with Gasteiger partial charge in [-0.2, -0.15) is 0 Å². The van der Waals surface area contributed by atoms with Crippen LogP contribution in [0.2, 0.25) is 0 Å². The molecule has 54 heavy (non-hydrogen) atoms. The number of amides is 4. The van der Waals surface area contributed by atoms with Gasteiger partial charge in [0.2, 0.25) is 11.8 Å². The maximum absolute atomic E-state index is 14.3. The van der Waals surface area contributed by atoms with Gasteiger partial charge in [0.25, 0.3) is 11.8 Å². The standard InChI is InChI=1S/C41H54N6O7/c1-4-5-10-26-14-16-27(17-15-26)28-18-20-29(21-19-28)37(48)44-32(12-8-9-24-42)40(51)47(2)35-31-22-23-34(54-3)30(25-31)11-6-7-13-33(41(52)53)45-39(50)36(43)46-38(35)49/h14-23,25,32-33,35-36H,4-13,24,42-43H2,1-3H3,(H,44,48)(H,45,50)(H,46,49)(H,52,53)/t32-,33-,35-,36+/m0/s1. The van der Waals surface area contributed by atoms with Gasteiger partial charge in [0.15, 0.2) is 6.17 Å². The summed E-state index contributed by atoms with van der Waals surface area (Å²) in [5.41, 5.74) is 16.6. The van der Waals surface area contributed by atoms with E-state index in [-0.39, 0.29) is 12.8 Å². The summed E-state index contributed by atoms with van der Waals surface area (Å²) < 4.78 is 5.57. The predicted molar refractivity (Wildman–Crippen MR) is 206 cm³/mol. The molecule has 1 heterocycles. The molecule has 0 saturated heterocycles. The van der Waals surface area contributed by atoms with E-state index in [1.807, 2.05) is 12.1 Å². The fourth-order valence-corrected chi connectivity index (χ4v) is 6.62. The Morgan fingerprint density at radius 1 is 0.944 bits per heavy atom. The molecule has 0 aromatic heterocycles. The number of nitrogens with two attached hydrogens (primary N) is 2. The molecule has 3 aromatic rings. The lowest BCUT2D eigenvalue weighted by atomic mass is 9.96. The van der Waals surface area contributed by atoms with Crippen molar-refractivity contribution in [3.05, 3.63) is 89.0 Å². The molecule has 0 unspecified atom stereocenters. The highest BCUT2D eigenvalue weighted by atomic mass is 16.5. The molecule has 0 spiro atoms. The van der Waals surface area contributed by atoms with E-state index in [1.54, 1.807) is 30.3 Å². The number of unbranched alkanes of at least 4 members (excludes halogenated alkanes) is 2. The fraction of sp³-hybridized carbons (Fsp3) is 0.439. The zero-order chi connectivity index (χ0) is 39.2. The normalized spacial score (nSPS) is 18.4. The smallest absolute Gasteiger partial charge is 0.326 e. The summed E-state index contributed by atoms with van der Waals surface area (Å²) >= 11 is 0. The number of carboxylic acid groups (broad SMARTS) is 1. The highest BCUT2D eigenvalue weighted by molar-refractivity contribution is 5.99. The number of hydrogen-bond donors (Lipinski definition) is 6. The molecule has 0 fully saturated rings. The van der Waals surface area contributed by atoms with E-state index >= 15 is 0 Å². The summed E-state index contributed by atoms with van der Waals surface area (Å²) in [6.45, 7) is 2.56. The predicted octanol–water partition coefficient (Wildman–Crippen LogP) is 3.83. The minimum Gasteiger partial charge on any atom is -0.496 e. The van der Waals surface area contributed by atoms with Crippen molar-refractivity contribution in [2.75, 3.05) is 20.7 Å². The van der Waals surface area contributed by atoms with Crippen LogP contribution in [0.4, 0.5) is 0 Å². The lowest BCUT2D eigenvalue weighted by Gasteiger charge is -2.32. The van der Waals surface area contributed by atoms with Gasteiger partial charge in [-0.3, -0.25) is 19.2 Å². The third-order valence-electron chi connectivity index (χ3n) is 9.79. The maximum Gasteiger partial charge on any atom is 0.326 e. The number of methoxy groups -OCH3 is 1. The average Bonchev–Trinajstić information content (AvgIpc) is 3.17. The van der Waals surface area contributed by atoms with Crippen molar-refractivity contribution in [2.45, 2.75) is 95.4 Å². The van der Waals surface area contributed by atoms with E-state index in [4.69, 9.17) is 16.2 Å². The van der Waals surface area contributed by atoms with Crippen LogP contribution >= 0.6 is 0 Å². The van der Waals surface area contributed by atoms with Crippen molar-refractivity contribution in [3.8, 4) is 16.9 Å². The number of carboxylic acids is 1. The minimum atomic E-state index is -1.60. The van der Waals surface area contributed by atoms with E-state index < -0.39 is 53.9 Å². The number of aliphatic carboxylic acids is 1. The van der Waals surface area contributed by atoms with Crippen molar-refractivity contribution in [1.29, 1.82) is 0 Å². The Kier molecular flexibility index (Phi) is 15.6. The summed E-state index contributed by atoms with van der Waals surface area (Å²) in [6.07, 6.45) is 4.80. The van der Waals surface area contributed by atoms with Crippen LogP contribution in [-0.4, -0.2) is 78.6 Å². The monoisotopic (exact) mass is 742 g/mol. The van der Waals surface area contributed by atoms with Crippen LogP contribution in [0.5, 0.6) is 5.75 Å². The van der Waals surface area contributed by atoms with Gasteiger partial charge < -0.3 is 42.2 Å². The van der Waals surface area contributed by atoms with Crippen LogP contribution in [-0.2, 0) is 32.0 Å². The lowest BCUT2D eigenvalue weighted by molar-refractivity contribution is -0.143. The number of rotatable bonds is 14. The van der Waals surface area contributed by atoms with Gasteiger partial charge >= 0.3 is 5.97 Å². The first-order valence-electron chi connectivity index (χ1n) is 18.7. The molecule has 2 bridgehead atoms. The third kappa shape index (κ3) is 11.1. The highest BCUT2D eigenvalue weighted by Crippen LogP contribution is 2.29. The Morgan fingerprint density at radius 2 is 1.63 bits per heavy atom. The molecule has 4 rings (SSSR count). The van der Waals surface area contributed by atoms with Crippen LogP contribution in [0.1, 0.15) is 91.4 Å². The molecule has 290 valence electrons. The second-order valence-corrected chi connectivity index (χ2v) is 13.7.